The van der Waals surface area contributed by atoms with Crippen molar-refractivity contribution in [2.45, 2.75) is 26.3 Å². The van der Waals surface area contributed by atoms with Crippen molar-refractivity contribution in [3.8, 4) is 11.5 Å². The molecule has 0 saturated carbocycles. The Morgan fingerprint density at radius 2 is 2.05 bits per heavy atom. The van der Waals surface area contributed by atoms with Crippen LogP contribution in [0.15, 0.2) is 33.2 Å². The molecule has 2 rings (SSSR count). The first-order valence-electron chi connectivity index (χ1n) is 7.15. The molecule has 1 N–H and O–H groups in total. The molecule has 0 spiro atoms. The minimum atomic E-state index is 0.134. The van der Waals surface area contributed by atoms with Gasteiger partial charge >= 0.3 is 0 Å². The minimum Gasteiger partial charge on any atom is -0.419 e. The third-order valence-corrected chi connectivity index (χ3v) is 3.87. The molecule has 1 aromatic heterocycles. The van der Waals surface area contributed by atoms with Gasteiger partial charge in [0.15, 0.2) is 0 Å². The molecule has 0 fully saturated rings. The van der Waals surface area contributed by atoms with Gasteiger partial charge in [-0.1, -0.05) is 25.5 Å². The van der Waals surface area contributed by atoms with Gasteiger partial charge in [0.1, 0.15) is 0 Å². The summed E-state index contributed by atoms with van der Waals surface area (Å²) in [6.45, 7) is 4.39. The molecular formula is C15H20BrN3O2. The second-order valence-electron chi connectivity index (χ2n) is 4.83. The Kier molecular flexibility index (Phi) is 6.35. The van der Waals surface area contributed by atoms with Gasteiger partial charge in [-0.15, -0.1) is 10.2 Å². The molecule has 1 aromatic carbocycles. The number of hydrogen-bond donors (Lipinski definition) is 1. The second-order valence-corrected chi connectivity index (χ2v) is 5.69. The monoisotopic (exact) mass is 353 g/mol. The molecule has 21 heavy (non-hydrogen) atoms. The van der Waals surface area contributed by atoms with Crippen LogP contribution >= 0.6 is 15.9 Å². The Morgan fingerprint density at radius 3 is 2.76 bits per heavy atom. The highest BCUT2D eigenvalue weighted by Crippen LogP contribution is 2.26. The van der Waals surface area contributed by atoms with Crippen LogP contribution in [0.3, 0.4) is 0 Å². The summed E-state index contributed by atoms with van der Waals surface area (Å²) >= 11 is 3.48. The fourth-order valence-corrected chi connectivity index (χ4v) is 2.50. The summed E-state index contributed by atoms with van der Waals surface area (Å²) in [6, 6.07) is 7.75. The van der Waals surface area contributed by atoms with Crippen molar-refractivity contribution >= 4 is 15.9 Å². The fraction of sp³-hybridized carbons (Fsp3) is 0.467. The second kappa shape index (κ2) is 8.26. The average Bonchev–Trinajstić information content (AvgIpc) is 2.94. The number of halogens is 1. The minimum absolute atomic E-state index is 0.134. The van der Waals surface area contributed by atoms with E-state index in [1.165, 1.54) is 0 Å². The molecule has 0 aliphatic rings. The van der Waals surface area contributed by atoms with E-state index in [1.807, 2.05) is 24.3 Å². The van der Waals surface area contributed by atoms with Crippen LogP contribution in [0, 0.1) is 0 Å². The molecule has 0 aliphatic heterocycles. The van der Waals surface area contributed by atoms with Gasteiger partial charge in [-0.3, -0.25) is 4.90 Å². The van der Waals surface area contributed by atoms with Gasteiger partial charge in [0.2, 0.25) is 11.8 Å². The molecule has 2 aromatic rings. The first kappa shape index (κ1) is 16.1. The zero-order chi connectivity index (χ0) is 15.1. The third-order valence-electron chi connectivity index (χ3n) is 3.17. The maximum absolute atomic E-state index is 9.12. The summed E-state index contributed by atoms with van der Waals surface area (Å²) in [6.07, 6.45) is 2.21. The highest BCUT2D eigenvalue weighted by Gasteiger charge is 2.14. The van der Waals surface area contributed by atoms with Crippen molar-refractivity contribution < 1.29 is 9.52 Å². The molecule has 0 amide bonds. The summed E-state index contributed by atoms with van der Waals surface area (Å²) < 4.78 is 6.66. The molecule has 0 aliphatic carbocycles. The summed E-state index contributed by atoms with van der Waals surface area (Å²) in [5.41, 5.74) is 0.888. The lowest BCUT2D eigenvalue weighted by atomic mass is 10.2. The number of nitrogens with zero attached hydrogens (tertiary/aromatic N) is 3. The van der Waals surface area contributed by atoms with Gasteiger partial charge in [0.05, 0.1) is 18.7 Å². The first-order valence-corrected chi connectivity index (χ1v) is 7.94. The van der Waals surface area contributed by atoms with Crippen LogP contribution < -0.4 is 0 Å². The van der Waals surface area contributed by atoms with Crippen molar-refractivity contribution in [2.75, 3.05) is 19.7 Å². The Labute approximate surface area is 133 Å². The van der Waals surface area contributed by atoms with Gasteiger partial charge < -0.3 is 9.52 Å². The van der Waals surface area contributed by atoms with Gasteiger partial charge in [-0.2, -0.15) is 0 Å². The number of aromatic nitrogens is 2. The number of aliphatic hydroxyl groups excluding tert-OH is 1. The fourth-order valence-electron chi connectivity index (χ4n) is 2.05. The largest absolute Gasteiger partial charge is 0.419 e. The van der Waals surface area contributed by atoms with Crippen molar-refractivity contribution in [1.82, 2.24) is 15.1 Å². The molecule has 114 valence electrons. The molecule has 1 heterocycles. The average molecular weight is 354 g/mol. The topological polar surface area (TPSA) is 62.4 Å². The van der Waals surface area contributed by atoms with E-state index in [9.17, 15) is 0 Å². The van der Waals surface area contributed by atoms with Crippen molar-refractivity contribution in [3.05, 3.63) is 34.6 Å². The van der Waals surface area contributed by atoms with Crippen molar-refractivity contribution in [3.63, 3.8) is 0 Å². The smallest absolute Gasteiger partial charge is 0.248 e. The highest BCUT2D eigenvalue weighted by molar-refractivity contribution is 9.10. The number of rotatable bonds is 8. The Morgan fingerprint density at radius 1 is 1.24 bits per heavy atom. The molecule has 0 bridgehead atoms. The summed E-state index contributed by atoms with van der Waals surface area (Å²) in [5.74, 6) is 1.09. The molecule has 0 saturated heterocycles. The molecule has 5 nitrogen and oxygen atoms in total. The zero-order valence-corrected chi connectivity index (χ0v) is 13.7. The summed E-state index contributed by atoms with van der Waals surface area (Å²) in [4.78, 5) is 2.13. The van der Waals surface area contributed by atoms with E-state index in [4.69, 9.17) is 9.52 Å². The van der Waals surface area contributed by atoms with Gasteiger partial charge in [-0.25, -0.2) is 0 Å². The number of aliphatic hydroxyl groups is 1. The molecule has 6 heteroatoms. The van der Waals surface area contributed by atoms with Crippen LogP contribution in [-0.2, 0) is 6.54 Å². The van der Waals surface area contributed by atoms with Gasteiger partial charge in [0, 0.05) is 11.0 Å². The van der Waals surface area contributed by atoms with Crippen LogP contribution in [0.1, 0.15) is 25.7 Å². The zero-order valence-electron chi connectivity index (χ0n) is 12.1. The maximum atomic E-state index is 9.12. The maximum Gasteiger partial charge on any atom is 0.248 e. The quantitative estimate of drug-likeness (QED) is 0.789. The third kappa shape index (κ3) is 4.62. The lowest BCUT2D eigenvalue weighted by Crippen LogP contribution is -2.27. The number of unbranched alkanes of at least 4 members (excludes halogenated alkanes) is 1. The van der Waals surface area contributed by atoms with E-state index in [0.717, 1.165) is 29.4 Å². The SMILES string of the molecule is CCCCN(CCO)Cc1nnc(-c2ccccc2Br)o1. The van der Waals surface area contributed by atoms with E-state index in [-0.39, 0.29) is 6.61 Å². The lowest BCUT2D eigenvalue weighted by molar-refractivity contribution is 0.177. The van der Waals surface area contributed by atoms with Crippen molar-refractivity contribution in [1.29, 1.82) is 0 Å². The van der Waals surface area contributed by atoms with Gasteiger partial charge in [-0.05, 0) is 41.0 Å². The van der Waals surface area contributed by atoms with Crippen LogP contribution in [0.25, 0.3) is 11.5 Å². The van der Waals surface area contributed by atoms with E-state index in [0.29, 0.717) is 24.9 Å². The summed E-state index contributed by atoms with van der Waals surface area (Å²) in [5, 5.41) is 17.3. The normalized spacial score (nSPS) is 11.2. The first-order chi connectivity index (χ1) is 10.2. The summed E-state index contributed by atoms with van der Waals surface area (Å²) in [7, 11) is 0. The molecule has 0 unspecified atom stereocenters. The van der Waals surface area contributed by atoms with E-state index in [1.54, 1.807) is 0 Å². The molecule has 0 atom stereocenters. The Hall–Kier alpha value is -1.24. The van der Waals surface area contributed by atoms with E-state index >= 15 is 0 Å². The molecular weight excluding hydrogens is 334 g/mol. The van der Waals surface area contributed by atoms with Gasteiger partial charge in [0.25, 0.3) is 0 Å². The number of benzene rings is 1. The predicted octanol–water partition coefficient (Wildman–Crippen LogP) is 3.09. The lowest BCUT2D eigenvalue weighted by Gasteiger charge is -2.18. The van der Waals surface area contributed by atoms with E-state index in [2.05, 4.69) is 38.0 Å². The van der Waals surface area contributed by atoms with Crippen LogP contribution in [0.4, 0.5) is 0 Å². The highest BCUT2D eigenvalue weighted by atomic mass is 79.9. The molecule has 0 radical (unpaired) electrons. The standard InChI is InChI=1S/C15H20BrN3O2/c1-2-3-8-19(9-10-20)11-14-17-18-15(21-14)12-6-4-5-7-13(12)16/h4-7,20H,2-3,8-11H2,1H3. The number of hydrogen-bond acceptors (Lipinski definition) is 5. The van der Waals surface area contributed by atoms with Crippen LogP contribution in [0.2, 0.25) is 0 Å². The Balaban J connectivity index is 2.06. The Bertz CT molecular complexity index is 559. The van der Waals surface area contributed by atoms with Crippen LogP contribution in [0.5, 0.6) is 0 Å². The van der Waals surface area contributed by atoms with E-state index < -0.39 is 0 Å². The van der Waals surface area contributed by atoms with Crippen LogP contribution in [-0.4, -0.2) is 39.9 Å². The van der Waals surface area contributed by atoms with Crippen molar-refractivity contribution in [2.24, 2.45) is 0 Å². The predicted molar refractivity (Wildman–Crippen MR) is 84.7 cm³/mol.